The van der Waals surface area contributed by atoms with Crippen LogP contribution >= 0.6 is 0 Å². The van der Waals surface area contributed by atoms with Crippen LogP contribution in [0.3, 0.4) is 0 Å². The zero-order chi connectivity index (χ0) is 21.7. The highest BCUT2D eigenvalue weighted by molar-refractivity contribution is 6.11. The molecule has 0 heterocycles. The molecule has 0 fully saturated rings. The highest BCUT2D eigenvalue weighted by Crippen LogP contribution is 2.38. The van der Waals surface area contributed by atoms with E-state index < -0.39 is 46.2 Å². The molecule has 3 aromatic carbocycles. The first-order chi connectivity index (χ1) is 13.6. The van der Waals surface area contributed by atoms with Gasteiger partial charge in [0, 0.05) is 5.56 Å². The van der Waals surface area contributed by atoms with E-state index in [0.29, 0.717) is 5.56 Å². The normalized spacial score (nSPS) is 9.93. The van der Waals surface area contributed by atoms with Gasteiger partial charge in [-0.3, -0.25) is 4.79 Å². The molecule has 0 aliphatic rings. The third-order valence-electron chi connectivity index (χ3n) is 3.73. The lowest BCUT2D eigenvalue weighted by molar-refractivity contribution is 0.0695. The van der Waals surface area contributed by atoms with E-state index in [4.69, 9.17) is 25.5 Å². The lowest BCUT2D eigenvalue weighted by Gasteiger charge is -2.06. The van der Waals surface area contributed by atoms with Crippen molar-refractivity contribution in [2.45, 2.75) is 0 Å². The number of carboxylic acids is 1. The van der Waals surface area contributed by atoms with Gasteiger partial charge in [-0.05, 0) is 24.3 Å². The van der Waals surface area contributed by atoms with E-state index in [-0.39, 0.29) is 11.1 Å². The molecule has 0 aromatic heterocycles. The molecular weight excluding hydrogens is 384 g/mol. The van der Waals surface area contributed by atoms with Crippen LogP contribution in [0.1, 0.15) is 26.3 Å². The number of ketones is 1. The molecule has 0 bridgehead atoms. The Morgan fingerprint density at radius 2 is 1.14 bits per heavy atom. The number of aromatic carboxylic acids is 1. The molecular formula is C20H16O9. The van der Waals surface area contributed by atoms with Crippen LogP contribution in [-0.2, 0) is 0 Å². The van der Waals surface area contributed by atoms with Crippen LogP contribution < -0.4 is 0 Å². The minimum Gasteiger partial charge on any atom is -0.504 e. The molecule has 0 spiro atoms. The van der Waals surface area contributed by atoms with Crippen molar-refractivity contribution in [3.05, 3.63) is 71.3 Å². The molecule has 0 unspecified atom stereocenters. The lowest BCUT2D eigenvalue weighted by Crippen LogP contribution is -2.01. The SMILES string of the molecule is O=C(O)c1cc(O)c(O)c(O)c1.O=C(c1ccccc1)c1ccc(O)c(O)c1O. The second kappa shape index (κ2) is 8.53. The Morgan fingerprint density at radius 1 is 0.586 bits per heavy atom. The first kappa shape index (κ1) is 20.9. The van der Waals surface area contributed by atoms with E-state index in [9.17, 15) is 19.8 Å². The summed E-state index contributed by atoms with van der Waals surface area (Å²) in [6.07, 6.45) is 0. The van der Waals surface area contributed by atoms with Crippen molar-refractivity contribution in [3.63, 3.8) is 0 Å². The molecule has 9 heteroatoms. The van der Waals surface area contributed by atoms with Crippen molar-refractivity contribution in [1.82, 2.24) is 0 Å². The maximum absolute atomic E-state index is 12.0. The summed E-state index contributed by atoms with van der Waals surface area (Å²) in [6.45, 7) is 0. The molecule has 29 heavy (non-hydrogen) atoms. The van der Waals surface area contributed by atoms with E-state index in [1.165, 1.54) is 6.07 Å². The number of hydrogen-bond donors (Lipinski definition) is 7. The third-order valence-corrected chi connectivity index (χ3v) is 3.73. The van der Waals surface area contributed by atoms with Gasteiger partial charge in [0.25, 0.3) is 0 Å². The number of benzene rings is 3. The summed E-state index contributed by atoms with van der Waals surface area (Å²) in [5, 5.41) is 63.0. The number of phenolic OH excluding ortho intramolecular Hbond substituents is 6. The van der Waals surface area contributed by atoms with Gasteiger partial charge in [-0.25, -0.2) is 4.79 Å². The predicted octanol–water partition coefficient (Wildman–Crippen LogP) is 2.54. The molecule has 9 nitrogen and oxygen atoms in total. The van der Waals surface area contributed by atoms with Gasteiger partial charge in [0.05, 0.1) is 11.1 Å². The average molecular weight is 400 g/mol. The maximum atomic E-state index is 12.0. The van der Waals surface area contributed by atoms with Crippen LogP contribution in [0.15, 0.2) is 54.6 Å². The molecule has 0 aliphatic heterocycles. The van der Waals surface area contributed by atoms with Crippen molar-refractivity contribution in [2.75, 3.05) is 0 Å². The Morgan fingerprint density at radius 3 is 1.66 bits per heavy atom. The van der Waals surface area contributed by atoms with Crippen LogP contribution in [-0.4, -0.2) is 47.5 Å². The molecule has 0 saturated carbocycles. The van der Waals surface area contributed by atoms with Crippen LogP contribution in [0.2, 0.25) is 0 Å². The summed E-state index contributed by atoms with van der Waals surface area (Å²) < 4.78 is 0. The monoisotopic (exact) mass is 400 g/mol. The quantitative estimate of drug-likeness (QED) is 0.257. The highest BCUT2D eigenvalue weighted by Gasteiger charge is 2.18. The topological polar surface area (TPSA) is 176 Å². The molecule has 3 aromatic rings. The maximum Gasteiger partial charge on any atom is 0.335 e. The van der Waals surface area contributed by atoms with Crippen LogP contribution in [0.5, 0.6) is 34.5 Å². The van der Waals surface area contributed by atoms with E-state index in [1.54, 1.807) is 30.3 Å². The van der Waals surface area contributed by atoms with Gasteiger partial charge in [0.15, 0.2) is 34.5 Å². The van der Waals surface area contributed by atoms with Gasteiger partial charge >= 0.3 is 5.97 Å². The summed E-state index contributed by atoms with van der Waals surface area (Å²) >= 11 is 0. The van der Waals surface area contributed by atoms with Crippen molar-refractivity contribution < 1.29 is 45.3 Å². The minimum atomic E-state index is -1.29. The van der Waals surface area contributed by atoms with Gasteiger partial charge in [0.2, 0.25) is 5.75 Å². The Hall–Kier alpha value is -4.40. The Bertz CT molecular complexity index is 1040. The van der Waals surface area contributed by atoms with Crippen molar-refractivity contribution in [2.24, 2.45) is 0 Å². The lowest BCUT2D eigenvalue weighted by atomic mass is 10.0. The Kier molecular flexibility index (Phi) is 6.15. The first-order valence-corrected chi connectivity index (χ1v) is 7.95. The fourth-order valence-corrected chi connectivity index (χ4v) is 2.22. The average Bonchev–Trinajstić information content (AvgIpc) is 2.70. The van der Waals surface area contributed by atoms with E-state index in [0.717, 1.165) is 18.2 Å². The third kappa shape index (κ3) is 4.66. The van der Waals surface area contributed by atoms with Gasteiger partial charge < -0.3 is 35.7 Å². The fraction of sp³-hybridized carbons (Fsp3) is 0. The first-order valence-electron chi connectivity index (χ1n) is 7.95. The molecule has 0 aliphatic carbocycles. The summed E-state index contributed by atoms with van der Waals surface area (Å²) in [7, 11) is 0. The van der Waals surface area contributed by atoms with E-state index in [2.05, 4.69) is 0 Å². The second-order valence-electron chi connectivity index (χ2n) is 5.69. The molecule has 0 saturated heterocycles. The van der Waals surface area contributed by atoms with Crippen molar-refractivity contribution in [3.8, 4) is 34.5 Å². The molecule has 0 radical (unpaired) electrons. The number of phenols is 6. The Labute approximate surface area is 163 Å². The second-order valence-corrected chi connectivity index (χ2v) is 5.69. The fourth-order valence-electron chi connectivity index (χ4n) is 2.22. The largest absolute Gasteiger partial charge is 0.504 e. The zero-order valence-corrected chi connectivity index (χ0v) is 14.6. The molecule has 3 rings (SSSR count). The number of hydrogen-bond acceptors (Lipinski definition) is 8. The van der Waals surface area contributed by atoms with Crippen molar-refractivity contribution in [1.29, 1.82) is 0 Å². The van der Waals surface area contributed by atoms with E-state index in [1.807, 2.05) is 0 Å². The standard InChI is InChI=1S/C13H10O4.C7H6O5/c14-10-7-6-9(12(16)13(10)17)11(15)8-4-2-1-3-5-8;8-4-1-3(7(11)12)2-5(9)6(4)10/h1-7,14,16-17H;1-2,8-10H,(H,11,12). The van der Waals surface area contributed by atoms with Crippen molar-refractivity contribution >= 4 is 11.8 Å². The van der Waals surface area contributed by atoms with Crippen LogP contribution in [0.4, 0.5) is 0 Å². The number of rotatable bonds is 3. The Balaban J connectivity index is 0.000000221. The van der Waals surface area contributed by atoms with Crippen LogP contribution in [0, 0.1) is 0 Å². The minimum absolute atomic E-state index is 0.0495. The number of aromatic hydroxyl groups is 6. The number of carbonyl (C=O) groups excluding carboxylic acids is 1. The molecule has 7 N–H and O–H groups in total. The van der Waals surface area contributed by atoms with Gasteiger partial charge in [-0.1, -0.05) is 30.3 Å². The summed E-state index contributed by atoms with van der Waals surface area (Å²) in [4.78, 5) is 22.3. The zero-order valence-electron chi connectivity index (χ0n) is 14.6. The number of carbonyl (C=O) groups is 2. The van der Waals surface area contributed by atoms with Gasteiger partial charge in [-0.2, -0.15) is 0 Å². The highest BCUT2D eigenvalue weighted by atomic mass is 16.4. The molecule has 0 atom stereocenters. The molecule has 150 valence electrons. The molecule has 0 amide bonds. The summed E-state index contributed by atoms with van der Waals surface area (Å²) in [6, 6.07) is 12.5. The van der Waals surface area contributed by atoms with Crippen LogP contribution in [0.25, 0.3) is 0 Å². The summed E-state index contributed by atoms with van der Waals surface area (Å²) in [5.74, 6) is -5.52. The van der Waals surface area contributed by atoms with E-state index >= 15 is 0 Å². The smallest absolute Gasteiger partial charge is 0.335 e. The van der Waals surface area contributed by atoms with Gasteiger partial charge in [0.1, 0.15) is 0 Å². The van der Waals surface area contributed by atoms with Gasteiger partial charge in [-0.15, -0.1) is 0 Å². The predicted molar refractivity (Wildman–Crippen MR) is 99.7 cm³/mol. The summed E-state index contributed by atoms with van der Waals surface area (Å²) in [5.41, 5.74) is 0.0576. The number of carboxylic acid groups (broad SMARTS) is 1.